The molecule has 1 N–H and O–H groups in total. The van der Waals surface area contributed by atoms with E-state index >= 15 is 0 Å². The summed E-state index contributed by atoms with van der Waals surface area (Å²) >= 11 is 1.84. The fourth-order valence-electron chi connectivity index (χ4n) is 2.26. The summed E-state index contributed by atoms with van der Waals surface area (Å²) in [7, 11) is 3.77. The topological polar surface area (TPSA) is 21.3 Å². The number of benzene rings is 1. The molecule has 0 radical (unpaired) electrons. The highest BCUT2D eigenvalue weighted by molar-refractivity contribution is 7.09. The molecule has 0 amide bonds. The molecule has 0 saturated carbocycles. The van der Waals surface area contributed by atoms with E-state index in [1.165, 1.54) is 10.4 Å². The normalized spacial score (nSPS) is 12.3. The zero-order valence-corrected chi connectivity index (χ0v) is 12.4. The number of ether oxygens (including phenoxy) is 1. The van der Waals surface area contributed by atoms with Crippen molar-refractivity contribution in [3.8, 4) is 5.75 Å². The van der Waals surface area contributed by atoms with Crippen molar-refractivity contribution in [3.05, 3.63) is 52.2 Å². The van der Waals surface area contributed by atoms with Gasteiger partial charge in [0, 0.05) is 10.9 Å². The SMILES string of the molecule is CNC(CCc1cccs1)Cc1ccccc1OC. The monoisotopic (exact) mass is 275 g/mol. The van der Waals surface area contributed by atoms with Gasteiger partial charge in [0.1, 0.15) is 5.75 Å². The van der Waals surface area contributed by atoms with Gasteiger partial charge in [0.25, 0.3) is 0 Å². The van der Waals surface area contributed by atoms with Crippen LogP contribution in [0.5, 0.6) is 5.75 Å². The van der Waals surface area contributed by atoms with Crippen LogP contribution in [-0.2, 0) is 12.8 Å². The highest BCUT2D eigenvalue weighted by Crippen LogP contribution is 2.20. The number of rotatable bonds is 7. The van der Waals surface area contributed by atoms with E-state index in [-0.39, 0.29) is 0 Å². The minimum atomic E-state index is 0.485. The third-order valence-electron chi connectivity index (χ3n) is 3.39. The lowest BCUT2D eigenvalue weighted by Crippen LogP contribution is -2.28. The number of hydrogen-bond acceptors (Lipinski definition) is 3. The van der Waals surface area contributed by atoms with Crippen molar-refractivity contribution < 1.29 is 4.74 Å². The van der Waals surface area contributed by atoms with E-state index in [1.54, 1.807) is 7.11 Å². The average Bonchev–Trinajstić information content (AvgIpc) is 2.97. The maximum atomic E-state index is 5.42. The molecule has 1 atom stereocenters. The van der Waals surface area contributed by atoms with Crippen molar-refractivity contribution in [3.63, 3.8) is 0 Å². The second-order valence-electron chi connectivity index (χ2n) is 4.62. The van der Waals surface area contributed by atoms with Crippen molar-refractivity contribution in [2.24, 2.45) is 0 Å². The first-order valence-electron chi connectivity index (χ1n) is 6.65. The molecule has 3 heteroatoms. The van der Waals surface area contributed by atoms with Gasteiger partial charge in [-0.15, -0.1) is 11.3 Å². The Bertz CT molecular complexity index is 481. The molecule has 0 spiro atoms. The molecule has 0 bridgehead atoms. The Morgan fingerprint density at radius 3 is 2.74 bits per heavy atom. The first-order valence-corrected chi connectivity index (χ1v) is 7.53. The summed E-state index contributed by atoms with van der Waals surface area (Å²) in [5, 5.41) is 5.56. The van der Waals surface area contributed by atoms with Gasteiger partial charge < -0.3 is 10.1 Å². The average molecular weight is 275 g/mol. The Balaban J connectivity index is 1.94. The molecule has 19 heavy (non-hydrogen) atoms. The molecule has 0 aliphatic heterocycles. The number of nitrogens with one attached hydrogen (secondary N) is 1. The minimum absolute atomic E-state index is 0.485. The Hall–Kier alpha value is -1.32. The van der Waals surface area contributed by atoms with Crippen LogP contribution >= 0.6 is 11.3 Å². The second-order valence-corrected chi connectivity index (χ2v) is 5.65. The van der Waals surface area contributed by atoms with Gasteiger partial charge in [-0.2, -0.15) is 0 Å². The Morgan fingerprint density at radius 1 is 1.21 bits per heavy atom. The highest BCUT2D eigenvalue weighted by atomic mass is 32.1. The molecule has 2 aromatic rings. The Kier molecular flexibility index (Phi) is 5.43. The number of methoxy groups -OCH3 is 1. The first-order chi connectivity index (χ1) is 9.33. The molecule has 1 unspecified atom stereocenters. The summed E-state index contributed by atoms with van der Waals surface area (Å²) < 4.78 is 5.42. The van der Waals surface area contributed by atoms with Crippen LogP contribution in [0.4, 0.5) is 0 Å². The van der Waals surface area contributed by atoms with Crippen LogP contribution in [0.25, 0.3) is 0 Å². The quantitative estimate of drug-likeness (QED) is 0.835. The summed E-state index contributed by atoms with van der Waals surface area (Å²) in [6, 6.07) is 13.1. The molecular weight excluding hydrogens is 254 g/mol. The minimum Gasteiger partial charge on any atom is -0.496 e. The molecule has 1 aromatic heterocycles. The van der Waals surface area contributed by atoms with Gasteiger partial charge in [-0.05, 0) is 49.4 Å². The van der Waals surface area contributed by atoms with Crippen LogP contribution in [0.15, 0.2) is 41.8 Å². The summed E-state index contributed by atoms with van der Waals surface area (Å²) in [5.41, 5.74) is 1.27. The molecule has 0 fully saturated rings. The molecule has 0 aliphatic rings. The summed E-state index contributed by atoms with van der Waals surface area (Å²) in [6.45, 7) is 0. The molecular formula is C16H21NOS. The lowest BCUT2D eigenvalue weighted by molar-refractivity contribution is 0.404. The number of thiophene rings is 1. The van der Waals surface area contributed by atoms with Crippen molar-refractivity contribution >= 4 is 11.3 Å². The van der Waals surface area contributed by atoms with Gasteiger partial charge in [-0.3, -0.25) is 0 Å². The van der Waals surface area contributed by atoms with Crippen LogP contribution in [-0.4, -0.2) is 20.2 Å². The van der Waals surface area contributed by atoms with Crippen LogP contribution in [0.3, 0.4) is 0 Å². The summed E-state index contributed by atoms with van der Waals surface area (Å²) in [4.78, 5) is 1.46. The van der Waals surface area contributed by atoms with Crippen LogP contribution in [0.1, 0.15) is 16.9 Å². The first kappa shape index (κ1) is 14.1. The summed E-state index contributed by atoms with van der Waals surface area (Å²) in [5.74, 6) is 0.985. The molecule has 2 nitrogen and oxygen atoms in total. The number of likely N-dealkylation sites (N-methyl/N-ethyl adjacent to an activating group) is 1. The Morgan fingerprint density at radius 2 is 2.05 bits per heavy atom. The standard InChI is InChI=1S/C16H21NOS/c1-17-14(9-10-15-7-5-11-19-15)12-13-6-3-4-8-16(13)18-2/h3-8,11,14,17H,9-10,12H2,1-2H3. The van der Waals surface area contributed by atoms with E-state index in [0.29, 0.717) is 6.04 Å². The number of hydrogen-bond donors (Lipinski definition) is 1. The third-order valence-corrected chi connectivity index (χ3v) is 4.32. The van der Waals surface area contributed by atoms with Gasteiger partial charge in [-0.25, -0.2) is 0 Å². The van der Waals surface area contributed by atoms with E-state index in [2.05, 4.69) is 35.0 Å². The summed E-state index contributed by atoms with van der Waals surface area (Å²) in [6.07, 6.45) is 3.29. The lowest BCUT2D eigenvalue weighted by atomic mass is 10.0. The van der Waals surface area contributed by atoms with Gasteiger partial charge in [0.2, 0.25) is 0 Å². The second kappa shape index (κ2) is 7.31. The fraction of sp³-hybridized carbons (Fsp3) is 0.375. The Labute approximate surface area is 119 Å². The van der Waals surface area contributed by atoms with E-state index in [1.807, 2.05) is 30.5 Å². The zero-order valence-electron chi connectivity index (χ0n) is 11.6. The van der Waals surface area contributed by atoms with Gasteiger partial charge in [-0.1, -0.05) is 24.3 Å². The molecule has 0 saturated heterocycles. The van der Waals surface area contributed by atoms with Crippen molar-refractivity contribution in [2.75, 3.05) is 14.2 Å². The van der Waals surface area contributed by atoms with E-state index in [0.717, 1.165) is 25.0 Å². The predicted octanol–water partition coefficient (Wildman–Crippen LogP) is 3.52. The number of aryl methyl sites for hydroxylation is 1. The van der Waals surface area contributed by atoms with Crippen LogP contribution in [0.2, 0.25) is 0 Å². The molecule has 1 heterocycles. The van der Waals surface area contributed by atoms with Gasteiger partial charge >= 0.3 is 0 Å². The molecule has 102 valence electrons. The largest absolute Gasteiger partial charge is 0.496 e. The molecule has 2 rings (SSSR count). The fourth-order valence-corrected chi connectivity index (χ4v) is 2.98. The van der Waals surface area contributed by atoms with E-state index in [4.69, 9.17) is 4.74 Å². The van der Waals surface area contributed by atoms with Gasteiger partial charge in [0.15, 0.2) is 0 Å². The number of para-hydroxylation sites is 1. The van der Waals surface area contributed by atoms with Gasteiger partial charge in [0.05, 0.1) is 7.11 Å². The van der Waals surface area contributed by atoms with E-state index in [9.17, 15) is 0 Å². The van der Waals surface area contributed by atoms with Crippen molar-refractivity contribution in [1.29, 1.82) is 0 Å². The van der Waals surface area contributed by atoms with Crippen LogP contribution in [0, 0.1) is 0 Å². The zero-order chi connectivity index (χ0) is 13.5. The predicted molar refractivity (Wildman–Crippen MR) is 82.2 cm³/mol. The van der Waals surface area contributed by atoms with Crippen molar-refractivity contribution in [2.45, 2.75) is 25.3 Å². The van der Waals surface area contributed by atoms with Crippen LogP contribution < -0.4 is 10.1 Å². The smallest absolute Gasteiger partial charge is 0.122 e. The third kappa shape index (κ3) is 4.08. The maximum absolute atomic E-state index is 5.42. The van der Waals surface area contributed by atoms with Crippen molar-refractivity contribution in [1.82, 2.24) is 5.32 Å². The lowest BCUT2D eigenvalue weighted by Gasteiger charge is -2.17. The van der Waals surface area contributed by atoms with E-state index < -0.39 is 0 Å². The molecule has 0 aliphatic carbocycles. The maximum Gasteiger partial charge on any atom is 0.122 e. The molecule has 1 aromatic carbocycles. The highest BCUT2D eigenvalue weighted by Gasteiger charge is 2.11.